The Kier molecular flexibility index (Phi) is 7.57. The Labute approximate surface area is 214 Å². The third-order valence-corrected chi connectivity index (χ3v) is 6.61. The first kappa shape index (κ1) is 24.6. The number of rotatable bonds is 8. The number of amides is 2. The largest absolute Gasteiger partial charge is 0.490 e. The third kappa shape index (κ3) is 5.58. The molecule has 0 radical (unpaired) electrons. The summed E-state index contributed by atoms with van der Waals surface area (Å²) in [5.41, 5.74) is 2.18. The molecule has 4 rings (SSSR count). The summed E-state index contributed by atoms with van der Waals surface area (Å²) in [6.45, 7) is 2.46. The van der Waals surface area contributed by atoms with Crippen LogP contribution in [0.25, 0.3) is 6.08 Å². The van der Waals surface area contributed by atoms with Crippen LogP contribution in [0.2, 0.25) is 0 Å². The van der Waals surface area contributed by atoms with Crippen LogP contribution >= 0.6 is 27.7 Å². The smallest absolute Gasteiger partial charge is 0.335 e. The molecule has 3 aromatic carbocycles. The monoisotopic (exact) mass is 553 g/mol. The van der Waals surface area contributed by atoms with Crippen molar-refractivity contribution in [2.24, 2.45) is 0 Å². The Hall–Kier alpha value is -3.56. The number of hydrogen-bond donors (Lipinski definition) is 1. The second kappa shape index (κ2) is 10.8. The summed E-state index contributed by atoms with van der Waals surface area (Å²) in [4.78, 5) is 37.9. The van der Waals surface area contributed by atoms with Gasteiger partial charge in [-0.15, -0.1) is 0 Å². The highest BCUT2D eigenvalue weighted by molar-refractivity contribution is 9.10. The van der Waals surface area contributed by atoms with Crippen molar-refractivity contribution < 1.29 is 29.0 Å². The minimum Gasteiger partial charge on any atom is -0.490 e. The highest BCUT2D eigenvalue weighted by atomic mass is 79.9. The molecular formula is C26H20BrNO6S. The van der Waals surface area contributed by atoms with E-state index >= 15 is 0 Å². The molecule has 0 aromatic heterocycles. The molecule has 1 aliphatic heterocycles. The first-order chi connectivity index (χ1) is 16.9. The standard InChI is InChI=1S/C26H20BrNO6S/c1-2-33-21-12-18(13-23-24(29)28(26(32)35-23)19-6-4-3-5-7-19)20(27)14-22(21)34-15-16-8-10-17(11-9-16)25(30)31/h3-14H,2,15H2,1H3,(H,30,31)/b23-13-. The molecular weight excluding hydrogens is 534 g/mol. The van der Waals surface area contributed by atoms with Gasteiger partial charge >= 0.3 is 5.97 Å². The van der Waals surface area contributed by atoms with Gasteiger partial charge in [0.25, 0.3) is 11.1 Å². The molecule has 0 saturated carbocycles. The number of nitrogens with zero attached hydrogens (tertiary/aromatic N) is 1. The van der Waals surface area contributed by atoms with E-state index in [0.29, 0.717) is 38.7 Å². The lowest BCUT2D eigenvalue weighted by molar-refractivity contribution is -0.113. The van der Waals surface area contributed by atoms with Crippen LogP contribution in [0.15, 0.2) is 76.1 Å². The Morgan fingerprint density at radius 2 is 1.71 bits per heavy atom. The lowest BCUT2D eigenvalue weighted by Crippen LogP contribution is -2.27. The van der Waals surface area contributed by atoms with E-state index in [-0.39, 0.29) is 23.3 Å². The van der Waals surface area contributed by atoms with E-state index in [0.717, 1.165) is 22.2 Å². The van der Waals surface area contributed by atoms with Gasteiger partial charge < -0.3 is 14.6 Å². The van der Waals surface area contributed by atoms with Gasteiger partial charge in [0.2, 0.25) is 0 Å². The maximum Gasteiger partial charge on any atom is 0.335 e. The second-order valence-electron chi connectivity index (χ2n) is 7.40. The van der Waals surface area contributed by atoms with Crippen molar-refractivity contribution in [3.8, 4) is 11.5 Å². The molecule has 0 atom stereocenters. The van der Waals surface area contributed by atoms with E-state index in [2.05, 4.69) is 15.9 Å². The Morgan fingerprint density at radius 1 is 1.03 bits per heavy atom. The zero-order valence-corrected chi connectivity index (χ0v) is 21.0. The summed E-state index contributed by atoms with van der Waals surface area (Å²) >= 11 is 4.40. The van der Waals surface area contributed by atoms with Gasteiger partial charge in [-0.1, -0.05) is 46.3 Å². The average molecular weight is 554 g/mol. The van der Waals surface area contributed by atoms with Crippen LogP contribution in [0.1, 0.15) is 28.4 Å². The van der Waals surface area contributed by atoms with Crippen LogP contribution in [0.4, 0.5) is 10.5 Å². The number of hydrogen-bond acceptors (Lipinski definition) is 6. The number of ether oxygens (including phenoxy) is 2. The zero-order chi connectivity index (χ0) is 24.9. The fourth-order valence-corrected chi connectivity index (χ4v) is 4.62. The van der Waals surface area contributed by atoms with Crippen molar-refractivity contribution in [2.45, 2.75) is 13.5 Å². The molecule has 0 unspecified atom stereocenters. The Bertz CT molecular complexity index is 1310. The van der Waals surface area contributed by atoms with Crippen molar-refractivity contribution in [3.05, 3.63) is 92.8 Å². The number of aromatic carboxylic acids is 1. The van der Waals surface area contributed by atoms with Crippen LogP contribution in [-0.2, 0) is 11.4 Å². The number of anilines is 1. The molecule has 0 aliphatic carbocycles. The summed E-state index contributed by atoms with van der Waals surface area (Å²) in [7, 11) is 0. The van der Waals surface area contributed by atoms with E-state index < -0.39 is 5.97 Å². The molecule has 0 spiro atoms. The number of imide groups is 1. The number of halogens is 1. The minimum absolute atomic E-state index is 0.201. The second-order valence-corrected chi connectivity index (χ2v) is 9.24. The summed E-state index contributed by atoms with van der Waals surface area (Å²) in [6.07, 6.45) is 1.65. The van der Waals surface area contributed by atoms with Gasteiger partial charge in [0.1, 0.15) is 6.61 Å². The third-order valence-electron chi connectivity index (χ3n) is 5.05. The summed E-state index contributed by atoms with van der Waals surface area (Å²) < 4.78 is 12.3. The quantitative estimate of drug-likeness (QED) is 0.324. The van der Waals surface area contributed by atoms with Crippen LogP contribution in [-0.4, -0.2) is 28.8 Å². The number of para-hydroxylation sites is 1. The predicted octanol–water partition coefficient (Wildman–Crippen LogP) is 6.37. The van der Waals surface area contributed by atoms with Gasteiger partial charge in [-0.2, -0.15) is 0 Å². The zero-order valence-electron chi connectivity index (χ0n) is 18.6. The Balaban J connectivity index is 1.57. The SMILES string of the molecule is CCOc1cc(/C=C2\SC(=O)N(c3ccccc3)C2=O)c(Br)cc1OCc1ccc(C(=O)O)cc1. The van der Waals surface area contributed by atoms with E-state index in [9.17, 15) is 14.4 Å². The highest BCUT2D eigenvalue weighted by Gasteiger charge is 2.36. The molecule has 9 heteroatoms. The van der Waals surface area contributed by atoms with Crippen LogP contribution in [0.5, 0.6) is 11.5 Å². The molecule has 1 saturated heterocycles. The molecule has 1 N–H and O–H groups in total. The van der Waals surface area contributed by atoms with Crippen molar-refractivity contribution in [3.63, 3.8) is 0 Å². The van der Waals surface area contributed by atoms with E-state index in [1.165, 1.54) is 12.1 Å². The summed E-state index contributed by atoms with van der Waals surface area (Å²) in [5, 5.41) is 8.68. The lowest BCUT2D eigenvalue weighted by atomic mass is 10.1. The predicted molar refractivity (Wildman–Crippen MR) is 138 cm³/mol. The average Bonchev–Trinajstić information content (AvgIpc) is 3.13. The van der Waals surface area contributed by atoms with Crippen LogP contribution in [0, 0.1) is 0 Å². The Morgan fingerprint density at radius 3 is 2.37 bits per heavy atom. The molecule has 0 bridgehead atoms. The van der Waals surface area contributed by atoms with Gasteiger partial charge in [-0.25, -0.2) is 9.69 Å². The summed E-state index contributed by atoms with van der Waals surface area (Å²) in [6, 6.07) is 18.7. The van der Waals surface area contributed by atoms with Gasteiger partial charge in [-0.3, -0.25) is 9.59 Å². The van der Waals surface area contributed by atoms with E-state index in [4.69, 9.17) is 14.6 Å². The lowest BCUT2D eigenvalue weighted by Gasteiger charge is -2.14. The maximum atomic E-state index is 12.9. The van der Waals surface area contributed by atoms with Gasteiger partial charge in [0, 0.05) is 4.47 Å². The first-order valence-electron chi connectivity index (χ1n) is 10.6. The number of carbonyl (C=O) groups is 3. The number of carbonyl (C=O) groups excluding carboxylic acids is 2. The van der Waals surface area contributed by atoms with Crippen LogP contribution < -0.4 is 14.4 Å². The van der Waals surface area contributed by atoms with Crippen LogP contribution in [0.3, 0.4) is 0 Å². The van der Waals surface area contributed by atoms with Crippen molar-refractivity contribution >= 4 is 56.6 Å². The fraction of sp³-hybridized carbons (Fsp3) is 0.115. The van der Waals surface area contributed by atoms with E-state index in [1.54, 1.807) is 54.6 Å². The molecule has 3 aromatic rings. The van der Waals surface area contributed by atoms with Crippen molar-refractivity contribution in [1.82, 2.24) is 0 Å². The van der Waals surface area contributed by atoms with E-state index in [1.807, 2.05) is 13.0 Å². The van der Waals surface area contributed by atoms with Gasteiger partial charge in [0.05, 0.1) is 22.8 Å². The molecule has 178 valence electrons. The number of carboxylic acid groups (broad SMARTS) is 1. The molecule has 1 aliphatic rings. The van der Waals surface area contributed by atoms with Crippen molar-refractivity contribution in [1.29, 1.82) is 0 Å². The first-order valence-corrected chi connectivity index (χ1v) is 12.2. The normalized spacial score (nSPS) is 14.5. The number of carboxylic acids is 1. The molecule has 1 heterocycles. The minimum atomic E-state index is -0.989. The van der Waals surface area contributed by atoms with Crippen molar-refractivity contribution in [2.75, 3.05) is 11.5 Å². The number of thioether (sulfide) groups is 1. The fourth-order valence-electron chi connectivity index (χ4n) is 3.36. The molecule has 7 nitrogen and oxygen atoms in total. The summed E-state index contributed by atoms with van der Waals surface area (Å²) in [5.74, 6) is -0.416. The number of benzene rings is 3. The highest BCUT2D eigenvalue weighted by Crippen LogP contribution is 2.39. The maximum absolute atomic E-state index is 12.9. The van der Waals surface area contributed by atoms with Gasteiger partial charge in [-0.05, 0) is 72.3 Å². The topological polar surface area (TPSA) is 93.1 Å². The molecule has 2 amide bonds. The molecule has 35 heavy (non-hydrogen) atoms. The van der Waals surface area contributed by atoms with Gasteiger partial charge in [0.15, 0.2) is 11.5 Å². The molecule has 1 fully saturated rings.